The Kier molecular flexibility index (Phi) is 4.63. The standard InChI is InChI=1S/C14H21ClN2O2/c1-9(2)17-12(11(15)8-16-17)14(19)13(18)10-6-4-3-5-7-10/h8-10,13,18H,3-7H2,1-2H3. The molecule has 0 saturated heterocycles. The molecule has 1 heterocycles. The summed E-state index contributed by atoms with van der Waals surface area (Å²) < 4.78 is 1.59. The van der Waals surface area contributed by atoms with E-state index in [4.69, 9.17) is 11.6 Å². The lowest BCUT2D eigenvalue weighted by molar-refractivity contribution is 0.0522. The number of hydrogen-bond acceptors (Lipinski definition) is 3. The van der Waals surface area contributed by atoms with Crippen LogP contribution in [0.1, 0.15) is 62.5 Å². The largest absolute Gasteiger partial charge is 0.385 e. The summed E-state index contributed by atoms with van der Waals surface area (Å²) in [6.45, 7) is 3.88. The van der Waals surface area contributed by atoms with Gasteiger partial charge in [0.05, 0.1) is 11.2 Å². The monoisotopic (exact) mass is 284 g/mol. The minimum atomic E-state index is -0.952. The van der Waals surface area contributed by atoms with Crippen LogP contribution in [-0.2, 0) is 0 Å². The Balaban J connectivity index is 2.21. The van der Waals surface area contributed by atoms with E-state index in [0.717, 1.165) is 25.7 Å². The fourth-order valence-electron chi connectivity index (χ4n) is 2.77. The second-order valence-corrected chi connectivity index (χ2v) is 5.99. The summed E-state index contributed by atoms with van der Waals surface area (Å²) in [6, 6.07) is 0.0463. The highest BCUT2D eigenvalue weighted by Gasteiger charge is 2.32. The van der Waals surface area contributed by atoms with Gasteiger partial charge in [-0.25, -0.2) is 0 Å². The van der Waals surface area contributed by atoms with Gasteiger partial charge in [-0.15, -0.1) is 0 Å². The summed E-state index contributed by atoms with van der Waals surface area (Å²) >= 11 is 6.05. The average Bonchev–Trinajstić information content (AvgIpc) is 2.80. The van der Waals surface area contributed by atoms with E-state index >= 15 is 0 Å². The van der Waals surface area contributed by atoms with Gasteiger partial charge in [0.15, 0.2) is 0 Å². The number of aromatic nitrogens is 2. The van der Waals surface area contributed by atoms with Crippen LogP contribution in [0.4, 0.5) is 0 Å². The predicted octanol–water partition coefficient (Wildman–Crippen LogP) is 3.24. The third kappa shape index (κ3) is 3.00. The number of rotatable bonds is 4. The number of ketones is 1. The lowest BCUT2D eigenvalue weighted by Crippen LogP contribution is -2.33. The van der Waals surface area contributed by atoms with E-state index < -0.39 is 6.10 Å². The normalized spacial score (nSPS) is 18.8. The van der Waals surface area contributed by atoms with E-state index in [2.05, 4.69) is 5.10 Å². The number of aliphatic hydroxyl groups is 1. The molecule has 106 valence electrons. The van der Waals surface area contributed by atoms with Crippen LogP contribution in [0.5, 0.6) is 0 Å². The molecule has 1 atom stereocenters. The lowest BCUT2D eigenvalue weighted by Gasteiger charge is -2.26. The summed E-state index contributed by atoms with van der Waals surface area (Å²) in [5, 5.41) is 14.7. The Morgan fingerprint density at radius 3 is 2.63 bits per heavy atom. The fourth-order valence-corrected chi connectivity index (χ4v) is 2.99. The fraction of sp³-hybridized carbons (Fsp3) is 0.714. The van der Waals surface area contributed by atoms with Crippen molar-refractivity contribution in [3.8, 4) is 0 Å². The van der Waals surface area contributed by atoms with Crippen molar-refractivity contribution in [1.29, 1.82) is 0 Å². The van der Waals surface area contributed by atoms with Crippen molar-refractivity contribution < 1.29 is 9.90 Å². The van der Waals surface area contributed by atoms with Gasteiger partial charge in [0.25, 0.3) is 0 Å². The van der Waals surface area contributed by atoms with Crippen LogP contribution >= 0.6 is 11.6 Å². The van der Waals surface area contributed by atoms with Crippen molar-refractivity contribution in [2.24, 2.45) is 5.92 Å². The molecule has 1 saturated carbocycles. The summed E-state index contributed by atoms with van der Waals surface area (Å²) in [6.07, 6.45) is 5.73. The number of Topliss-reactive ketones (excluding diaryl/α,β-unsaturated/α-hetero) is 1. The summed E-state index contributed by atoms with van der Waals surface area (Å²) in [5.41, 5.74) is 0.342. The zero-order valence-electron chi connectivity index (χ0n) is 11.5. The van der Waals surface area contributed by atoms with Crippen LogP contribution in [0.3, 0.4) is 0 Å². The van der Waals surface area contributed by atoms with E-state index in [1.165, 1.54) is 12.6 Å². The average molecular weight is 285 g/mol. The summed E-state index contributed by atoms with van der Waals surface area (Å²) in [4.78, 5) is 12.5. The zero-order valence-corrected chi connectivity index (χ0v) is 12.2. The molecule has 4 nitrogen and oxygen atoms in total. The molecule has 0 aromatic carbocycles. The van der Waals surface area contributed by atoms with Crippen LogP contribution in [0.15, 0.2) is 6.20 Å². The van der Waals surface area contributed by atoms with Gasteiger partial charge in [-0.3, -0.25) is 9.48 Å². The predicted molar refractivity (Wildman–Crippen MR) is 74.5 cm³/mol. The Morgan fingerprint density at radius 2 is 2.05 bits per heavy atom. The first-order chi connectivity index (χ1) is 9.02. The molecule has 19 heavy (non-hydrogen) atoms. The smallest absolute Gasteiger partial charge is 0.211 e. The van der Waals surface area contributed by atoms with Gasteiger partial charge in [0.1, 0.15) is 11.8 Å². The third-order valence-electron chi connectivity index (χ3n) is 3.84. The quantitative estimate of drug-likeness (QED) is 0.864. The van der Waals surface area contributed by atoms with Crippen molar-refractivity contribution in [2.45, 2.75) is 58.1 Å². The zero-order chi connectivity index (χ0) is 14.0. The van der Waals surface area contributed by atoms with Gasteiger partial charge in [0, 0.05) is 6.04 Å². The van der Waals surface area contributed by atoms with E-state index in [0.29, 0.717) is 10.7 Å². The Labute approximate surface area is 118 Å². The maximum Gasteiger partial charge on any atom is 0.211 e. The van der Waals surface area contributed by atoms with E-state index in [1.807, 2.05) is 13.8 Å². The minimum Gasteiger partial charge on any atom is -0.385 e. The molecule has 2 rings (SSSR count). The van der Waals surface area contributed by atoms with Gasteiger partial charge in [-0.05, 0) is 32.6 Å². The summed E-state index contributed by atoms with van der Waals surface area (Å²) in [7, 11) is 0. The Hall–Kier alpha value is -0.870. The number of nitrogens with zero attached hydrogens (tertiary/aromatic N) is 2. The van der Waals surface area contributed by atoms with Crippen molar-refractivity contribution in [3.05, 3.63) is 16.9 Å². The van der Waals surface area contributed by atoms with Crippen molar-refractivity contribution in [3.63, 3.8) is 0 Å². The number of carbonyl (C=O) groups is 1. The summed E-state index contributed by atoms with van der Waals surface area (Å²) in [5.74, 6) is -0.226. The highest BCUT2D eigenvalue weighted by atomic mass is 35.5. The second-order valence-electron chi connectivity index (χ2n) is 5.59. The molecule has 0 bridgehead atoms. The second kappa shape index (κ2) is 6.06. The Morgan fingerprint density at radius 1 is 1.42 bits per heavy atom. The van der Waals surface area contributed by atoms with Crippen molar-refractivity contribution in [1.82, 2.24) is 9.78 Å². The SMILES string of the molecule is CC(C)n1ncc(Cl)c1C(=O)C(O)C1CCCCC1. The molecule has 0 radical (unpaired) electrons. The Bertz CT molecular complexity index is 450. The van der Waals surface area contributed by atoms with Crippen LogP contribution in [0.2, 0.25) is 5.02 Å². The topological polar surface area (TPSA) is 55.1 Å². The number of carbonyl (C=O) groups excluding carboxylic acids is 1. The van der Waals surface area contributed by atoms with Gasteiger partial charge < -0.3 is 5.11 Å². The highest BCUT2D eigenvalue weighted by molar-refractivity contribution is 6.33. The molecule has 5 heteroatoms. The molecule has 0 amide bonds. The molecule has 1 fully saturated rings. The van der Waals surface area contributed by atoms with Gasteiger partial charge in [-0.1, -0.05) is 30.9 Å². The van der Waals surface area contributed by atoms with Crippen LogP contribution in [-0.4, -0.2) is 26.8 Å². The lowest BCUT2D eigenvalue weighted by atomic mass is 9.83. The van der Waals surface area contributed by atoms with E-state index in [9.17, 15) is 9.90 Å². The van der Waals surface area contributed by atoms with Gasteiger partial charge in [0.2, 0.25) is 5.78 Å². The van der Waals surface area contributed by atoms with Crippen LogP contribution in [0.25, 0.3) is 0 Å². The maximum absolute atomic E-state index is 12.5. The van der Waals surface area contributed by atoms with E-state index in [1.54, 1.807) is 4.68 Å². The molecule has 1 aliphatic rings. The van der Waals surface area contributed by atoms with E-state index in [-0.39, 0.29) is 17.7 Å². The van der Waals surface area contributed by atoms with Gasteiger partial charge in [-0.2, -0.15) is 5.10 Å². The first-order valence-corrected chi connectivity index (χ1v) is 7.35. The van der Waals surface area contributed by atoms with Crippen LogP contribution < -0.4 is 0 Å². The number of hydrogen-bond donors (Lipinski definition) is 1. The molecule has 1 aromatic rings. The van der Waals surface area contributed by atoms with Crippen molar-refractivity contribution in [2.75, 3.05) is 0 Å². The molecule has 1 N–H and O–H groups in total. The van der Waals surface area contributed by atoms with Crippen molar-refractivity contribution >= 4 is 17.4 Å². The van der Waals surface area contributed by atoms with Gasteiger partial charge >= 0.3 is 0 Å². The van der Waals surface area contributed by atoms with Crippen LogP contribution in [0, 0.1) is 5.92 Å². The molecule has 1 aromatic heterocycles. The number of aliphatic hydroxyl groups excluding tert-OH is 1. The molecular formula is C14H21ClN2O2. The number of halogens is 1. The maximum atomic E-state index is 12.5. The molecule has 1 unspecified atom stereocenters. The third-order valence-corrected chi connectivity index (χ3v) is 4.11. The first kappa shape index (κ1) is 14.5. The minimum absolute atomic E-state index is 0.0463. The highest BCUT2D eigenvalue weighted by Crippen LogP contribution is 2.29. The molecular weight excluding hydrogens is 264 g/mol. The molecule has 1 aliphatic carbocycles. The molecule has 0 spiro atoms. The first-order valence-electron chi connectivity index (χ1n) is 6.97. The molecule has 0 aliphatic heterocycles.